The van der Waals surface area contributed by atoms with Gasteiger partial charge in [-0.3, -0.25) is 0 Å². The van der Waals surface area contributed by atoms with Crippen molar-refractivity contribution in [1.29, 1.82) is 0 Å². The van der Waals surface area contributed by atoms with Crippen LogP contribution >= 0.6 is 0 Å². The predicted octanol–water partition coefficient (Wildman–Crippen LogP) is 1.84. The van der Waals surface area contributed by atoms with Crippen molar-refractivity contribution in [2.75, 3.05) is 6.61 Å². The number of aliphatic hydroxyl groups is 1. The second kappa shape index (κ2) is 3.84. The minimum absolute atomic E-state index is 0.0489. The highest BCUT2D eigenvalue weighted by molar-refractivity contribution is 5.47. The van der Waals surface area contributed by atoms with Crippen LogP contribution in [0.3, 0.4) is 0 Å². The highest BCUT2D eigenvalue weighted by Crippen LogP contribution is 2.31. The Bertz CT molecular complexity index is 356. The van der Waals surface area contributed by atoms with E-state index in [-0.39, 0.29) is 6.61 Å². The number of allylic oxidation sites excluding steroid dienone is 1. The molecule has 0 saturated heterocycles. The van der Waals surface area contributed by atoms with E-state index >= 15 is 0 Å². The SMILES string of the molecule is C=CCc1cc(CO)c2c(c1)CCO2. The topological polar surface area (TPSA) is 29.5 Å². The Kier molecular flexibility index (Phi) is 2.55. The molecule has 2 heteroatoms. The van der Waals surface area contributed by atoms with Gasteiger partial charge in [0.2, 0.25) is 0 Å². The van der Waals surface area contributed by atoms with Crippen LogP contribution in [-0.4, -0.2) is 11.7 Å². The lowest BCUT2D eigenvalue weighted by molar-refractivity contribution is 0.270. The molecule has 14 heavy (non-hydrogen) atoms. The highest BCUT2D eigenvalue weighted by atomic mass is 16.5. The maximum Gasteiger partial charge on any atom is 0.128 e. The first-order chi connectivity index (χ1) is 6.85. The van der Waals surface area contributed by atoms with Gasteiger partial charge in [-0.15, -0.1) is 6.58 Å². The van der Waals surface area contributed by atoms with Gasteiger partial charge < -0.3 is 9.84 Å². The molecule has 1 aromatic rings. The zero-order chi connectivity index (χ0) is 9.97. The molecule has 0 aliphatic carbocycles. The lowest BCUT2D eigenvalue weighted by Crippen LogP contribution is -1.93. The van der Waals surface area contributed by atoms with E-state index in [0.717, 1.165) is 30.8 Å². The molecule has 2 nitrogen and oxygen atoms in total. The van der Waals surface area contributed by atoms with Crippen molar-refractivity contribution in [3.05, 3.63) is 41.5 Å². The van der Waals surface area contributed by atoms with Crippen molar-refractivity contribution in [2.24, 2.45) is 0 Å². The number of fused-ring (bicyclic) bond motifs is 1. The maximum atomic E-state index is 9.19. The smallest absolute Gasteiger partial charge is 0.128 e. The summed E-state index contributed by atoms with van der Waals surface area (Å²) in [7, 11) is 0. The van der Waals surface area contributed by atoms with Crippen LogP contribution in [0.2, 0.25) is 0 Å². The van der Waals surface area contributed by atoms with Gasteiger partial charge in [-0.1, -0.05) is 12.1 Å². The molecule has 0 fully saturated rings. The Morgan fingerprint density at radius 1 is 1.50 bits per heavy atom. The zero-order valence-corrected chi connectivity index (χ0v) is 8.12. The third kappa shape index (κ3) is 1.53. The molecule has 1 aromatic carbocycles. The van der Waals surface area contributed by atoms with Crippen molar-refractivity contribution in [2.45, 2.75) is 19.4 Å². The average Bonchev–Trinajstić information content (AvgIpc) is 2.65. The monoisotopic (exact) mass is 190 g/mol. The molecule has 1 aliphatic heterocycles. The summed E-state index contributed by atoms with van der Waals surface area (Å²) in [6, 6.07) is 4.13. The summed E-state index contributed by atoms with van der Waals surface area (Å²) in [4.78, 5) is 0. The van der Waals surface area contributed by atoms with Crippen LogP contribution in [0.4, 0.5) is 0 Å². The molecule has 0 aromatic heterocycles. The van der Waals surface area contributed by atoms with Crippen LogP contribution in [0, 0.1) is 0 Å². The van der Waals surface area contributed by atoms with Crippen molar-refractivity contribution in [1.82, 2.24) is 0 Å². The minimum Gasteiger partial charge on any atom is -0.493 e. The lowest BCUT2D eigenvalue weighted by atomic mass is 10.0. The molecule has 1 N–H and O–H groups in total. The summed E-state index contributed by atoms with van der Waals surface area (Å²) in [6.45, 7) is 4.50. The van der Waals surface area contributed by atoms with Gasteiger partial charge in [0.1, 0.15) is 5.75 Å². The van der Waals surface area contributed by atoms with Crippen molar-refractivity contribution < 1.29 is 9.84 Å². The van der Waals surface area contributed by atoms with E-state index in [2.05, 4.69) is 12.6 Å². The summed E-state index contributed by atoms with van der Waals surface area (Å²) in [5.74, 6) is 0.889. The van der Waals surface area contributed by atoms with Crippen LogP contribution in [0.1, 0.15) is 16.7 Å². The Morgan fingerprint density at radius 3 is 3.07 bits per heavy atom. The number of benzene rings is 1. The molecule has 0 radical (unpaired) electrons. The molecule has 0 atom stereocenters. The van der Waals surface area contributed by atoms with E-state index in [4.69, 9.17) is 4.74 Å². The molecule has 1 aliphatic rings. The number of hydrogen-bond acceptors (Lipinski definition) is 2. The van der Waals surface area contributed by atoms with E-state index in [1.807, 2.05) is 12.1 Å². The van der Waals surface area contributed by atoms with E-state index in [9.17, 15) is 5.11 Å². The molecule has 0 bridgehead atoms. The first-order valence-electron chi connectivity index (χ1n) is 4.84. The second-order valence-corrected chi connectivity index (χ2v) is 3.49. The summed E-state index contributed by atoms with van der Waals surface area (Å²) >= 11 is 0. The highest BCUT2D eigenvalue weighted by Gasteiger charge is 2.16. The number of aliphatic hydroxyl groups excluding tert-OH is 1. The van der Waals surface area contributed by atoms with Gasteiger partial charge >= 0.3 is 0 Å². The first kappa shape index (κ1) is 9.28. The minimum atomic E-state index is 0.0489. The largest absolute Gasteiger partial charge is 0.493 e. The molecular weight excluding hydrogens is 176 g/mol. The van der Waals surface area contributed by atoms with Gasteiger partial charge in [0, 0.05) is 12.0 Å². The van der Waals surface area contributed by atoms with Crippen LogP contribution in [0.15, 0.2) is 24.8 Å². The Morgan fingerprint density at radius 2 is 2.36 bits per heavy atom. The first-order valence-corrected chi connectivity index (χ1v) is 4.84. The van der Waals surface area contributed by atoms with Crippen molar-refractivity contribution >= 4 is 0 Å². The van der Waals surface area contributed by atoms with Crippen molar-refractivity contribution in [3.63, 3.8) is 0 Å². The fraction of sp³-hybridized carbons (Fsp3) is 0.333. The Labute approximate surface area is 83.8 Å². The van der Waals surface area contributed by atoms with Crippen LogP contribution < -0.4 is 4.74 Å². The fourth-order valence-electron chi connectivity index (χ4n) is 1.86. The van der Waals surface area contributed by atoms with E-state index < -0.39 is 0 Å². The summed E-state index contributed by atoms with van der Waals surface area (Å²) in [5.41, 5.74) is 3.32. The molecule has 0 spiro atoms. The third-order valence-electron chi connectivity index (χ3n) is 2.47. The van der Waals surface area contributed by atoms with Gasteiger partial charge in [0.15, 0.2) is 0 Å². The zero-order valence-electron chi connectivity index (χ0n) is 8.12. The molecule has 1 heterocycles. The predicted molar refractivity (Wildman–Crippen MR) is 55.5 cm³/mol. The Hall–Kier alpha value is -1.28. The van der Waals surface area contributed by atoms with E-state index in [1.54, 1.807) is 0 Å². The van der Waals surface area contributed by atoms with E-state index in [0.29, 0.717) is 0 Å². The maximum absolute atomic E-state index is 9.19. The van der Waals surface area contributed by atoms with Gasteiger partial charge in [-0.25, -0.2) is 0 Å². The van der Waals surface area contributed by atoms with E-state index in [1.165, 1.54) is 11.1 Å². The van der Waals surface area contributed by atoms with Crippen LogP contribution in [0.25, 0.3) is 0 Å². The van der Waals surface area contributed by atoms with Crippen LogP contribution in [0.5, 0.6) is 5.75 Å². The number of rotatable bonds is 3. The summed E-state index contributed by atoms with van der Waals surface area (Å²) in [6.07, 6.45) is 3.67. The molecule has 74 valence electrons. The molecule has 0 amide bonds. The third-order valence-corrected chi connectivity index (χ3v) is 2.47. The molecule has 2 rings (SSSR count). The number of hydrogen-bond donors (Lipinski definition) is 1. The van der Waals surface area contributed by atoms with Gasteiger partial charge in [-0.2, -0.15) is 0 Å². The molecular formula is C12H14O2. The standard InChI is InChI=1S/C12H14O2/c1-2-3-9-6-10-4-5-14-12(10)11(7-9)8-13/h2,6-7,13H,1,3-5,8H2. The second-order valence-electron chi connectivity index (χ2n) is 3.49. The van der Waals surface area contributed by atoms with Gasteiger partial charge in [0.25, 0.3) is 0 Å². The van der Waals surface area contributed by atoms with Crippen LogP contribution in [-0.2, 0) is 19.4 Å². The average molecular weight is 190 g/mol. The molecule has 0 unspecified atom stereocenters. The van der Waals surface area contributed by atoms with Gasteiger partial charge in [-0.05, 0) is 23.6 Å². The fourth-order valence-corrected chi connectivity index (χ4v) is 1.86. The lowest BCUT2D eigenvalue weighted by Gasteiger charge is -2.07. The Balaban J connectivity index is 2.43. The summed E-state index contributed by atoms with van der Waals surface area (Å²) in [5, 5.41) is 9.19. The van der Waals surface area contributed by atoms with Crippen molar-refractivity contribution in [3.8, 4) is 5.75 Å². The quantitative estimate of drug-likeness (QED) is 0.737. The molecule has 0 saturated carbocycles. The normalized spacial score (nSPS) is 13.5. The van der Waals surface area contributed by atoms with Gasteiger partial charge in [0.05, 0.1) is 13.2 Å². The number of ether oxygens (including phenoxy) is 1. The summed E-state index contributed by atoms with van der Waals surface area (Å²) < 4.78 is 5.47.